The number of hydrogen-bond acceptors (Lipinski definition) is 6. The number of aromatic nitrogens is 1. The van der Waals surface area contributed by atoms with Gasteiger partial charge >= 0.3 is 0 Å². The smallest absolute Gasteiger partial charge is 0.234 e. The monoisotopic (exact) mass is 370 g/mol. The average Bonchev–Trinajstić information content (AvgIpc) is 3.15. The summed E-state index contributed by atoms with van der Waals surface area (Å²) >= 11 is 4.68. The largest absolute Gasteiger partial charge is 0.481 e. The summed E-state index contributed by atoms with van der Waals surface area (Å²) in [7, 11) is 1.56. The molecule has 0 bridgehead atoms. The van der Waals surface area contributed by atoms with E-state index in [1.54, 1.807) is 13.3 Å². The minimum Gasteiger partial charge on any atom is -0.481 e. The van der Waals surface area contributed by atoms with Crippen molar-refractivity contribution >= 4 is 38.8 Å². The van der Waals surface area contributed by atoms with Gasteiger partial charge in [0, 0.05) is 22.2 Å². The van der Waals surface area contributed by atoms with E-state index in [-0.39, 0.29) is 11.8 Å². The molecule has 1 aromatic rings. The standard InChI is InChI=1S/C13H15BrN4O2S/c1-12(7-3-6(14)5-17-9(7)20-2)8-4-13(8,10(15)19)21-11(16)18-12/h3,5,8H,4H2,1-2H3,(H2,15,19)(H2,16,18)/t8?,12-,13+/m1/s1. The fourth-order valence-electron chi connectivity index (χ4n) is 3.05. The summed E-state index contributed by atoms with van der Waals surface area (Å²) in [5, 5.41) is 0.368. The third-order valence-corrected chi connectivity index (χ3v) is 5.94. The fraction of sp³-hybridized carbons (Fsp3) is 0.462. The molecule has 0 saturated heterocycles. The lowest BCUT2D eigenvalue weighted by atomic mass is 9.86. The van der Waals surface area contributed by atoms with Crippen molar-refractivity contribution in [3.8, 4) is 5.88 Å². The predicted octanol–water partition coefficient (Wildman–Crippen LogP) is 1.37. The maximum Gasteiger partial charge on any atom is 0.234 e. The van der Waals surface area contributed by atoms with Gasteiger partial charge in [-0.15, -0.1) is 0 Å². The molecule has 112 valence electrons. The molecule has 1 unspecified atom stereocenters. The van der Waals surface area contributed by atoms with Crippen LogP contribution in [-0.2, 0) is 10.3 Å². The van der Waals surface area contributed by atoms with Crippen LogP contribution in [0.5, 0.6) is 5.88 Å². The summed E-state index contributed by atoms with van der Waals surface area (Å²) in [6.07, 6.45) is 2.31. The third kappa shape index (κ3) is 2.03. The number of halogens is 1. The van der Waals surface area contributed by atoms with Crippen molar-refractivity contribution in [3.63, 3.8) is 0 Å². The zero-order valence-electron chi connectivity index (χ0n) is 11.6. The van der Waals surface area contributed by atoms with Crippen LogP contribution >= 0.6 is 27.7 Å². The molecule has 1 amide bonds. The van der Waals surface area contributed by atoms with Crippen LogP contribution in [0.1, 0.15) is 18.9 Å². The molecule has 4 N–H and O–H groups in total. The van der Waals surface area contributed by atoms with E-state index in [0.29, 0.717) is 17.5 Å². The molecule has 0 aromatic carbocycles. The SMILES string of the molecule is COc1ncc(Br)cc1[C@@]1(C)N=C(N)S[C@@]2(C(N)=O)CC21. The minimum absolute atomic E-state index is 0.00944. The van der Waals surface area contributed by atoms with Gasteiger partial charge < -0.3 is 16.2 Å². The number of rotatable bonds is 3. The lowest BCUT2D eigenvalue weighted by Crippen LogP contribution is -2.41. The van der Waals surface area contributed by atoms with E-state index in [1.807, 2.05) is 13.0 Å². The van der Waals surface area contributed by atoms with Gasteiger partial charge in [0.15, 0.2) is 5.17 Å². The third-order valence-electron chi connectivity index (χ3n) is 4.19. The minimum atomic E-state index is -0.674. The number of hydrogen-bond donors (Lipinski definition) is 2. The van der Waals surface area contributed by atoms with Gasteiger partial charge in [-0.1, -0.05) is 11.8 Å². The van der Waals surface area contributed by atoms with E-state index >= 15 is 0 Å². The second kappa shape index (κ2) is 4.61. The first kappa shape index (κ1) is 14.6. The number of pyridine rings is 1. The molecule has 1 aliphatic carbocycles. The van der Waals surface area contributed by atoms with Crippen LogP contribution in [0.15, 0.2) is 21.7 Å². The van der Waals surface area contributed by atoms with Crippen molar-refractivity contribution in [2.45, 2.75) is 23.6 Å². The highest BCUT2D eigenvalue weighted by molar-refractivity contribution is 9.10. The molecule has 2 aliphatic rings. The number of fused-ring (bicyclic) bond motifs is 1. The lowest BCUT2D eigenvalue weighted by molar-refractivity contribution is -0.118. The van der Waals surface area contributed by atoms with E-state index < -0.39 is 10.3 Å². The van der Waals surface area contributed by atoms with Crippen molar-refractivity contribution in [2.24, 2.45) is 22.4 Å². The molecule has 0 radical (unpaired) electrons. The van der Waals surface area contributed by atoms with Crippen molar-refractivity contribution in [2.75, 3.05) is 7.11 Å². The van der Waals surface area contributed by atoms with Gasteiger partial charge in [0.05, 0.1) is 12.6 Å². The van der Waals surface area contributed by atoms with Crippen LogP contribution in [0.2, 0.25) is 0 Å². The molecule has 8 heteroatoms. The van der Waals surface area contributed by atoms with E-state index in [1.165, 1.54) is 11.8 Å². The van der Waals surface area contributed by atoms with E-state index in [0.717, 1.165) is 10.0 Å². The van der Waals surface area contributed by atoms with Crippen LogP contribution < -0.4 is 16.2 Å². The van der Waals surface area contributed by atoms with Gasteiger partial charge in [-0.3, -0.25) is 9.79 Å². The average molecular weight is 371 g/mol. The maximum absolute atomic E-state index is 11.8. The quantitative estimate of drug-likeness (QED) is 0.835. The molecule has 1 fully saturated rings. The van der Waals surface area contributed by atoms with Crippen LogP contribution in [0, 0.1) is 5.92 Å². The Labute approximate surface area is 134 Å². The van der Waals surface area contributed by atoms with Crippen molar-refractivity contribution in [3.05, 3.63) is 22.3 Å². The number of amides is 1. The molecule has 1 saturated carbocycles. The number of carbonyl (C=O) groups is 1. The number of thioether (sulfide) groups is 1. The number of nitrogens with two attached hydrogens (primary N) is 2. The van der Waals surface area contributed by atoms with Crippen LogP contribution in [0.4, 0.5) is 0 Å². The molecule has 6 nitrogen and oxygen atoms in total. The molecule has 2 heterocycles. The zero-order valence-corrected chi connectivity index (χ0v) is 14.0. The number of methoxy groups -OCH3 is 1. The summed E-state index contributed by atoms with van der Waals surface area (Å²) in [5.41, 5.74) is 11.7. The first-order valence-corrected chi connectivity index (χ1v) is 7.98. The Morgan fingerprint density at radius 3 is 2.95 bits per heavy atom. The van der Waals surface area contributed by atoms with Crippen LogP contribution in [-0.4, -0.2) is 27.9 Å². The number of ether oxygens (including phenoxy) is 1. The normalized spacial score (nSPS) is 33.9. The molecule has 1 aromatic heterocycles. The second-order valence-corrected chi connectivity index (χ2v) is 7.69. The van der Waals surface area contributed by atoms with E-state index in [9.17, 15) is 4.79 Å². The second-order valence-electron chi connectivity index (χ2n) is 5.42. The van der Waals surface area contributed by atoms with Crippen molar-refractivity contribution < 1.29 is 9.53 Å². The summed E-state index contributed by atoms with van der Waals surface area (Å²) in [4.78, 5) is 20.7. The molecule has 3 atom stereocenters. The Morgan fingerprint density at radius 2 is 2.33 bits per heavy atom. The lowest BCUT2D eigenvalue weighted by Gasteiger charge is -2.33. The van der Waals surface area contributed by atoms with Crippen molar-refractivity contribution in [1.82, 2.24) is 4.98 Å². The van der Waals surface area contributed by atoms with Gasteiger partial charge in [-0.05, 0) is 35.3 Å². The number of carbonyl (C=O) groups excluding carboxylic acids is 1. The highest BCUT2D eigenvalue weighted by Gasteiger charge is 2.70. The number of aliphatic imine (C=N–C) groups is 1. The summed E-state index contributed by atoms with van der Waals surface area (Å²) in [6.45, 7) is 1.95. The highest BCUT2D eigenvalue weighted by Crippen LogP contribution is 2.66. The summed E-state index contributed by atoms with van der Waals surface area (Å²) in [6, 6.07) is 1.91. The zero-order chi connectivity index (χ0) is 15.4. The van der Waals surface area contributed by atoms with Gasteiger partial charge in [0.25, 0.3) is 0 Å². The first-order valence-electron chi connectivity index (χ1n) is 6.38. The fourth-order valence-corrected chi connectivity index (χ4v) is 4.71. The highest BCUT2D eigenvalue weighted by atomic mass is 79.9. The van der Waals surface area contributed by atoms with Gasteiger partial charge in [-0.2, -0.15) is 0 Å². The molecule has 21 heavy (non-hydrogen) atoms. The molecule has 0 spiro atoms. The maximum atomic E-state index is 11.8. The summed E-state index contributed by atoms with van der Waals surface area (Å²) < 4.78 is 5.51. The number of primary amides is 1. The van der Waals surface area contributed by atoms with E-state index in [2.05, 4.69) is 25.9 Å². The Hall–Kier alpha value is -1.28. The Morgan fingerprint density at radius 1 is 1.62 bits per heavy atom. The van der Waals surface area contributed by atoms with Crippen molar-refractivity contribution in [1.29, 1.82) is 0 Å². The topological polar surface area (TPSA) is 104 Å². The van der Waals surface area contributed by atoms with Gasteiger partial charge in [-0.25, -0.2) is 4.98 Å². The Bertz CT molecular complexity index is 668. The van der Waals surface area contributed by atoms with Gasteiger partial charge in [0.2, 0.25) is 11.8 Å². The molecular weight excluding hydrogens is 356 g/mol. The van der Waals surface area contributed by atoms with Crippen LogP contribution in [0.25, 0.3) is 0 Å². The Kier molecular flexibility index (Phi) is 3.21. The van der Waals surface area contributed by atoms with Gasteiger partial charge in [0.1, 0.15) is 4.75 Å². The predicted molar refractivity (Wildman–Crippen MR) is 85.1 cm³/mol. The molecule has 1 aliphatic heterocycles. The Balaban J connectivity index is 2.15. The number of amidine groups is 1. The van der Waals surface area contributed by atoms with Crippen LogP contribution in [0.3, 0.4) is 0 Å². The van der Waals surface area contributed by atoms with E-state index in [4.69, 9.17) is 16.2 Å². The summed E-state index contributed by atoms with van der Waals surface area (Å²) in [5.74, 6) is 0.128. The number of nitrogens with zero attached hydrogens (tertiary/aromatic N) is 2. The first-order chi connectivity index (χ1) is 9.83. The molecular formula is C13H15BrN4O2S. The molecule has 3 rings (SSSR count).